The second-order valence-corrected chi connectivity index (χ2v) is 7.42. The summed E-state index contributed by atoms with van der Waals surface area (Å²) in [7, 11) is 0. The summed E-state index contributed by atoms with van der Waals surface area (Å²) in [4.78, 5) is 14.8. The van der Waals surface area contributed by atoms with Crippen molar-refractivity contribution in [2.24, 2.45) is 5.92 Å². The van der Waals surface area contributed by atoms with E-state index in [4.69, 9.17) is 10.00 Å². The number of amides is 1. The van der Waals surface area contributed by atoms with Gasteiger partial charge in [-0.1, -0.05) is 0 Å². The molecule has 0 radical (unpaired) electrons. The topological polar surface area (TPSA) is 71.2 Å². The Bertz CT molecular complexity index is 866. The van der Waals surface area contributed by atoms with E-state index in [1.807, 2.05) is 18.5 Å². The van der Waals surface area contributed by atoms with E-state index in [1.165, 1.54) is 12.8 Å². The van der Waals surface area contributed by atoms with Crippen molar-refractivity contribution in [1.82, 2.24) is 14.7 Å². The van der Waals surface area contributed by atoms with Crippen molar-refractivity contribution in [3.05, 3.63) is 46.8 Å². The van der Waals surface area contributed by atoms with Gasteiger partial charge in [-0.3, -0.25) is 9.48 Å². The molecule has 0 N–H and O–H groups in total. The number of nitrogens with zero attached hydrogens (tertiary/aromatic N) is 4. The maximum Gasteiger partial charge on any atom is 0.258 e. The summed E-state index contributed by atoms with van der Waals surface area (Å²) < 4.78 is 7.80. The Kier molecular flexibility index (Phi) is 4.15. The van der Waals surface area contributed by atoms with Crippen LogP contribution in [0.2, 0.25) is 0 Å². The zero-order chi connectivity index (χ0) is 18.3. The molecule has 0 spiro atoms. The van der Waals surface area contributed by atoms with E-state index in [1.54, 1.807) is 23.1 Å². The normalized spacial score (nSPS) is 15.8. The van der Waals surface area contributed by atoms with Crippen LogP contribution in [0.3, 0.4) is 0 Å². The van der Waals surface area contributed by atoms with Crippen LogP contribution in [0.15, 0.2) is 24.4 Å². The molecular formula is C20H22N4O2. The number of fused-ring (bicyclic) bond motifs is 1. The summed E-state index contributed by atoms with van der Waals surface area (Å²) in [6.07, 6.45) is 4.61. The van der Waals surface area contributed by atoms with E-state index in [-0.39, 0.29) is 12.0 Å². The van der Waals surface area contributed by atoms with Gasteiger partial charge in [-0.2, -0.15) is 10.4 Å². The van der Waals surface area contributed by atoms with Gasteiger partial charge in [-0.15, -0.1) is 0 Å². The molecule has 1 aliphatic heterocycles. The molecule has 1 amide bonds. The minimum absolute atomic E-state index is 0.0458. The van der Waals surface area contributed by atoms with E-state index in [2.05, 4.69) is 17.4 Å². The Hall–Kier alpha value is -2.81. The summed E-state index contributed by atoms with van der Waals surface area (Å²) in [6, 6.07) is 7.09. The van der Waals surface area contributed by atoms with Gasteiger partial charge in [-0.05, 0) is 50.8 Å². The summed E-state index contributed by atoms with van der Waals surface area (Å²) in [5.74, 6) is 1.18. The van der Waals surface area contributed by atoms with Gasteiger partial charge >= 0.3 is 0 Å². The first-order valence-corrected chi connectivity index (χ1v) is 9.08. The van der Waals surface area contributed by atoms with Crippen LogP contribution in [0.4, 0.5) is 0 Å². The number of hydrogen-bond acceptors (Lipinski definition) is 4. The molecule has 0 saturated heterocycles. The number of carbonyl (C=O) groups excluding carboxylic acids is 1. The van der Waals surface area contributed by atoms with Crippen molar-refractivity contribution in [2.45, 2.75) is 52.4 Å². The maximum atomic E-state index is 13.1. The lowest BCUT2D eigenvalue weighted by Crippen LogP contribution is -2.27. The minimum atomic E-state index is -0.121. The van der Waals surface area contributed by atoms with Gasteiger partial charge in [0.1, 0.15) is 5.75 Å². The molecule has 6 heteroatoms. The summed E-state index contributed by atoms with van der Waals surface area (Å²) >= 11 is 0. The van der Waals surface area contributed by atoms with Gasteiger partial charge in [-0.25, -0.2) is 0 Å². The van der Waals surface area contributed by atoms with Crippen LogP contribution < -0.4 is 4.74 Å². The highest BCUT2D eigenvalue weighted by Gasteiger charge is 2.30. The fourth-order valence-corrected chi connectivity index (χ4v) is 3.31. The predicted molar refractivity (Wildman–Crippen MR) is 95.4 cm³/mol. The molecule has 6 nitrogen and oxygen atoms in total. The Morgan fingerprint density at radius 1 is 1.38 bits per heavy atom. The standard InChI is InChI=1S/C20H22N4O2/c1-13(2)26-19-6-5-15(8-21)7-17(19)20(25)23-10-16-11-24(9-14-3-4-14)22-18(16)12-23/h5-7,11,13-14H,3-4,9-10,12H2,1-2H3. The van der Waals surface area contributed by atoms with Crippen molar-refractivity contribution in [3.63, 3.8) is 0 Å². The summed E-state index contributed by atoms with van der Waals surface area (Å²) in [5, 5.41) is 13.8. The van der Waals surface area contributed by atoms with E-state index in [0.29, 0.717) is 30.0 Å². The van der Waals surface area contributed by atoms with Gasteiger partial charge in [0, 0.05) is 24.8 Å². The van der Waals surface area contributed by atoms with Crippen molar-refractivity contribution >= 4 is 5.91 Å². The number of rotatable bonds is 5. The van der Waals surface area contributed by atoms with Crippen molar-refractivity contribution in [3.8, 4) is 11.8 Å². The first kappa shape index (κ1) is 16.6. The number of ether oxygens (including phenoxy) is 1. The molecule has 26 heavy (non-hydrogen) atoms. The lowest BCUT2D eigenvalue weighted by atomic mass is 10.1. The minimum Gasteiger partial charge on any atom is -0.490 e. The average molecular weight is 350 g/mol. The Morgan fingerprint density at radius 3 is 2.85 bits per heavy atom. The highest BCUT2D eigenvalue weighted by Crippen LogP contribution is 2.32. The second-order valence-electron chi connectivity index (χ2n) is 7.42. The highest BCUT2D eigenvalue weighted by molar-refractivity contribution is 5.97. The second kappa shape index (κ2) is 6.49. The number of benzene rings is 1. The third-order valence-corrected chi connectivity index (χ3v) is 4.76. The molecule has 134 valence electrons. The molecule has 1 aromatic carbocycles. The van der Waals surface area contributed by atoms with E-state index in [0.717, 1.165) is 23.7 Å². The van der Waals surface area contributed by atoms with Crippen molar-refractivity contribution < 1.29 is 9.53 Å². The monoisotopic (exact) mass is 350 g/mol. The summed E-state index contributed by atoms with van der Waals surface area (Å²) in [6.45, 7) is 5.87. The highest BCUT2D eigenvalue weighted by atomic mass is 16.5. The fraction of sp³-hybridized carbons (Fsp3) is 0.450. The van der Waals surface area contributed by atoms with Gasteiger partial charge in [0.15, 0.2) is 0 Å². The smallest absolute Gasteiger partial charge is 0.258 e. The Morgan fingerprint density at radius 2 is 2.19 bits per heavy atom. The molecule has 1 saturated carbocycles. The van der Waals surface area contributed by atoms with Crippen LogP contribution in [-0.4, -0.2) is 26.7 Å². The molecule has 0 unspecified atom stereocenters. The molecule has 0 atom stereocenters. The van der Waals surface area contributed by atoms with E-state index in [9.17, 15) is 4.79 Å². The molecule has 2 heterocycles. The van der Waals surface area contributed by atoms with Crippen LogP contribution in [0, 0.1) is 17.2 Å². The molecule has 1 fully saturated rings. The van der Waals surface area contributed by atoms with Crippen LogP contribution in [0.1, 0.15) is 53.9 Å². The molecule has 2 aromatic rings. The molecule has 2 aliphatic rings. The molecule has 4 rings (SSSR count). The first-order chi connectivity index (χ1) is 12.5. The van der Waals surface area contributed by atoms with Crippen LogP contribution in [0.25, 0.3) is 0 Å². The molecule has 0 bridgehead atoms. The van der Waals surface area contributed by atoms with Crippen LogP contribution in [0.5, 0.6) is 5.75 Å². The third-order valence-electron chi connectivity index (χ3n) is 4.76. The quantitative estimate of drug-likeness (QED) is 0.831. The van der Waals surface area contributed by atoms with Crippen molar-refractivity contribution in [1.29, 1.82) is 5.26 Å². The molecule has 1 aliphatic carbocycles. The van der Waals surface area contributed by atoms with Gasteiger partial charge in [0.05, 0.1) is 35.5 Å². The molecule has 1 aromatic heterocycles. The zero-order valence-electron chi connectivity index (χ0n) is 15.1. The van der Waals surface area contributed by atoms with E-state index >= 15 is 0 Å². The fourth-order valence-electron chi connectivity index (χ4n) is 3.31. The Balaban J connectivity index is 1.54. The number of carbonyl (C=O) groups is 1. The first-order valence-electron chi connectivity index (χ1n) is 9.08. The van der Waals surface area contributed by atoms with Crippen LogP contribution >= 0.6 is 0 Å². The van der Waals surface area contributed by atoms with Gasteiger partial charge in [0.2, 0.25) is 0 Å². The Labute approximate surface area is 153 Å². The lowest BCUT2D eigenvalue weighted by molar-refractivity contribution is 0.0742. The molecular weight excluding hydrogens is 328 g/mol. The summed E-state index contributed by atoms with van der Waals surface area (Å²) in [5.41, 5.74) is 2.98. The lowest BCUT2D eigenvalue weighted by Gasteiger charge is -2.19. The third kappa shape index (κ3) is 3.30. The van der Waals surface area contributed by atoms with Crippen LogP contribution in [-0.2, 0) is 19.6 Å². The maximum absolute atomic E-state index is 13.1. The largest absolute Gasteiger partial charge is 0.490 e. The van der Waals surface area contributed by atoms with Gasteiger partial charge in [0.25, 0.3) is 5.91 Å². The van der Waals surface area contributed by atoms with E-state index < -0.39 is 0 Å². The SMILES string of the molecule is CC(C)Oc1ccc(C#N)cc1C(=O)N1Cc2cn(CC3CC3)nc2C1. The van der Waals surface area contributed by atoms with Crippen molar-refractivity contribution in [2.75, 3.05) is 0 Å². The zero-order valence-corrected chi connectivity index (χ0v) is 15.1. The average Bonchev–Trinajstić information content (AvgIpc) is 3.21. The number of aromatic nitrogens is 2. The predicted octanol–water partition coefficient (Wildman–Crippen LogP) is 3.11. The van der Waals surface area contributed by atoms with Gasteiger partial charge < -0.3 is 9.64 Å². The number of nitriles is 1. The number of hydrogen-bond donors (Lipinski definition) is 0.